The molecule has 0 unspecified atom stereocenters. The summed E-state index contributed by atoms with van der Waals surface area (Å²) in [5.41, 5.74) is 2.16. The van der Waals surface area contributed by atoms with E-state index in [1.165, 1.54) is 0 Å². The monoisotopic (exact) mass is 170 g/mol. The second-order valence-electron chi connectivity index (χ2n) is 2.57. The molecule has 0 saturated heterocycles. The molecule has 0 saturated carbocycles. The van der Waals surface area contributed by atoms with Gasteiger partial charge in [-0.25, -0.2) is 0 Å². The Kier molecular flexibility index (Phi) is 2.40. The molecule has 1 nitrogen and oxygen atoms in total. The minimum absolute atomic E-state index is 0.765. The lowest BCUT2D eigenvalue weighted by molar-refractivity contribution is 0.408. The standard InChI is InChI=1S/C9H11ClO/c1-6-4-8(10)5-7(2)9(6)11-3/h4-5H,1-3H3. The molecule has 11 heavy (non-hydrogen) atoms. The molecule has 0 N–H and O–H groups in total. The summed E-state index contributed by atoms with van der Waals surface area (Å²) in [6.07, 6.45) is 0. The number of hydrogen-bond donors (Lipinski definition) is 0. The summed E-state index contributed by atoms with van der Waals surface area (Å²) in [6.45, 7) is 3.97. The highest BCUT2D eigenvalue weighted by Crippen LogP contribution is 2.26. The van der Waals surface area contributed by atoms with Crippen LogP contribution in [0.5, 0.6) is 5.75 Å². The Hall–Kier alpha value is -0.690. The van der Waals surface area contributed by atoms with Crippen molar-refractivity contribution in [1.29, 1.82) is 0 Å². The maximum absolute atomic E-state index is 5.82. The summed E-state index contributed by atoms with van der Waals surface area (Å²) in [4.78, 5) is 0. The zero-order chi connectivity index (χ0) is 8.43. The normalized spacial score (nSPS) is 9.82. The smallest absolute Gasteiger partial charge is 0.124 e. The molecule has 0 spiro atoms. The third-order valence-corrected chi connectivity index (χ3v) is 1.85. The Morgan fingerprint density at radius 2 is 1.64 bits per heavy atom. The fourth-order valence-corrected chi connectivity index (χ4v) is 1.55. The lowest BCUT2D eigenvalue weighted by atomic mass is 10.1. The first kappa shape index (κ1) is 8.41. The Morgan fingerprint density at radius 1 is 1.18 bits per heavy atom. The molecule has 0 atom stereocenters. The average Bonchev–Trinajstić information content (AvgIpc) is 1.85. The van der Waals surface area contributed by atoms with E-state index in [9.17, 15) is 0 Å². The van der Waals surface area contributed by atoms with E-state index >= 15 is 0 Å². The summed E-state index contributed by atoms with van der Waals surface area (Å²) < 4.78 is 5.17. The highest BCUT2D eigenvalue weighted by Gasteiger charge is 2.02. The first-order valence-electron chi connectivity index (χ1n) is 3.46. The molecule has 0 aliphatic carbocycles. The molecule has 0 aliphatic rings. The minimum atomic E-state index is 0.765. The van der Waals surface area contributed by atoms with E-state index in [4.69, 9.17) is 16.3 Å². The number of aryl methyl sites for hydroxylation is 2. The van der Waals surface area contributed by atoms with Crippen LogP contribution in [0.4, 0.5) is 0 Å². The van der Waals surface area contributed by atoms with Gasteiger partial charge in [0.05, 0.1) is 7.11 Å². The van der Waals surface area contributed by atoms with Gasteiger partial charge in [0.1, 0.15) is 5.75 Å². The third kappa shape index (κ3) is 1.66. The van der Waals surface area contributed by atoms with Crippen molar-refractivity contribution in [3.8, 4) is 5.75 Å². The molecular weight excluding hydrogens is 160 g/mol. The van der Waals surface area contributed by atoms with Crippen LogP contribution in [0.25, 0.3) is 0 Å². The molecular formula is C9H11ClO. The Balaban J connectivity index is 3.25. The predicted molar refractivity (Wildman–Crippen MR) is 47.5 cm³/mol. The van der Waals surface area contributed by atoms with Gasteiger partial charge in [-0.3, -0.25) is 0 Å². The lowest BCUT2D eigenvalue weighted by Crippen LogP contribution is -1.90. The number of ether oxygens (including phenoxy) is 1. The van der Waals surface area contributed by atoms with Gasteiger partial charge in [-0.1, -0.05) is 11.6 Å². The van der Waals surface area contributed by atoms with Crippen molar-refractivity contribution >= 4 is 11.6 Å². The Morgan fingerprint density at radius 3 is 2.00 bits per heavy atom. The predicted octanol–water partition coefficient (Wildman–Crippen LogP) is 2.97. The molecule has 0 bridgehead atoms. The topological polar surface area (TPSA) is 9.23 Å². The summed E-state index contributed by atoms with van der Waals surface area (Å²) in [7, 11) is 1.67. The van der Waals surface area contributed by atoms with Gasteiger partial charge in [0, 0.05) is 5.02 Å². The molecule has 1 aromatic rings. The second-order valence-corrected chi connectivity index (χ2v) is 3.01. The van der Waals surface area contributed by atoms with Gasteiger partial charge in [-0.2, -0.15) is 0 Å². The number of halogens is 1. The van der Waals surface area contributed by atoms with Crippen LogP contribution in [0.2, 0.25) is 5.02 Å². The van der Waals surface area contributed by atoms with Gasteiger partial charge >= 0.3 is 0 Å². The van der Waals surface area contributed by atoms with Crippen LogP contribution in [0, 0.1) is 13.8 Å². The molecule has 1 aromatic carbocycles. The van der Waals surface area contributed by atoms with E-state index < -0.39 is 0 Å². The molecule has 0 aromatic heterocycles. The molecule has 1 rings (SSSR count). The number of hydrogen-bond acceptors (Lipinski definition) is 1. The van der Waals surface area contributed by atoms with Crippen LogP contribution >= 0.6 is 11.6 Å². The fraction of sp³-hybridized carbons (Fsp3) is 0.333. The summed E-state index contributed by atoms with van der Waals surface area (Å²) in [5.74, 6) is 0.925. The van der Waals surface area contributed by atoms with Crippen LogP contribution in [0.3, 0.4) is 0 Å². The molecule has 0 fully saturated rings. The van der Waals surface area contributed by atoms with Crippen molar-refractivity contribution < 1.29 is 4.74 Å². The number of benzene rings is 1. The summed E-state index contributed by atoms with van der Waals surface area (Å²) in [6, 6.07) is 3.79. The highest BCUT2D eigenvalue weighted by molar-refractivity contribution is 6.30. The highest BCUT2D eigenvalue weighted by atomic mass is 35.5. The van der Waals surface area contributed by atoms with Crippen LogP contribution in [-0.4, -0.2) is 7.11 Å². The summed E-state index contributed by atoms with van der Waals surface area (Å²) in [5, 5.41) is 0.765. The van der Waals surface area contributed by atoms with E-state index in [1.807, 2.05) is 26.0 Å². The zero-order valence-corrected chi connectivity index (χ0v) is 7.70. The van der Waals surface area contributed by atoms with Crippen molar-refractivity contribution in [2.24, 2.45) is 0 Å². The fourth-order valence-electron chi connectivity index (χ4n) is 1.22. The molecule has 60 valence electrons. The summed E-state index contributed by atoms with van der Waals surface area (Å²) >= 11 is 5.82. The van der Waals surface area contributed by atoms with E-state index in [0.717, 1.165) is 21.9 Å². The van der Waals surface area contributed by atoms with E-state index in [2.05, 4.69) is 0 Å². The minimum Gasteiger partial charge on any atom is -0.496 e. The van der Waals surface area contributed by atoms with Gasteiger partial charge in [-0.15, -0.1) is 0 Å². The van der Waals surface area contributed by atoms with Gasteiger partial charge < -0.3 is 4.74 Å². The van der Waals surface area contributed by atoms with Gasteiger partial charge in [0.2, 0.25) is 0 Å². The third-order valence-electron chi connectivity index (χ3n) is 1.63. The Labute approximate surface area is 71.9 Å². The van der Waals surface area contributed by atoms with Crippen LogP contribution < -0.4 is 4.74 Å². The molecule has 0 heterocycles. The largest absolute Gasteiger partial charge is 0.496 e. The number of rotatable bonds is 1. The lowest BCUT2D eigenvalue weighted by Gasteiger charge is -2.07. The molecule has 0 aliphatic heterocycles. The SMILES string of the molecule is COc1c(C)cc(Cl)cc1C. The van der Waals surface area contributed by atoms with Gasteiger partial charge in [0.15, 0.2) is 0 Å². The molecule has 0 amide bonds. The first-order valence-corrected chi connectivity index (χ1v) is 3.83. The van der Waals surface area contributed by atoms with Crippen LogP contribution in [-0.2, 0) is 0 Å². The van der Waals surface area contributed by atoms with Gasteiger partial charge in [-0.05, 0) is 37.1 Å². The Bertz CT molecular complexity index is 245. The van der Waals surface area contributed by atoms with Gasteiger partial charge in [0.25, 0.3) is 0 Å². The maximum atomic E-state index is 5.82. The second kappa shape index (κ2) is 3.14. The average molecular weight is 171 g/mol. The van der Waals surface area contributed by atoms with Crippen molar-refractivity contribution in [2.45, 2.75) is 13.8 Å². The van der Waals surface area contributed by atoms with E-state index in [1.54, 1.807) is 7.11 Å². The zero-order valence-electron chi connectivity index (χ0n) is 6.94. The van der Waals surface area contributed by atoms with Crippen molar-refractivity contribution in [2.75, 3.05) is 7.11 Å². The van der Waals surface area contributed by atoms with Crippen molar-refractivity contribution in [1.82, 2.24) is 0 Å². The maximum Gasteiger partial charge on any atom is 0.124 e. The van der Waals surface area contributed by atoms with E-state index in [0.29, 0.717) is 0 Å². The quantitative estimate of drug-likeness (QED) is 0.630. The van der Waals surface area contributed by atoms with Crippen molar-refractivity contribution in [3.05, 3.63) is 28.3 Å². The molecule has 2 heteroatoms. The van der Waals surface area contributed by atoms with Crippen LogP contribution in [0.1, 0.15) is 11.1 Å². The number of methoxy groups -OCH3 is 1. The van der Waals surface area contributed by atoms with Crippen LogP contribution in [0.15, 0.2) is 12.1 Å². The molecule has 0 radical (unpaired) electrons. The first-order chi connectivity index (χ1) is 5.15. The van der Waals surface area contributed by atoms with E-state index in [-0.39, 0.29) is 0 Å². The van der Waals surface area contributed by atoms with Crippen molar-refractivity contribution in [3.63, 3.8) is 0 Å².